The van der Waals surface area contributed by atoms with E-state index in [-0.39, 0.29) is 5.91 Å². The molecule has 146 valence electrons. The Labute approximate surface area is 170 Å². The smallest absolute Gasteiger partial charge is 0.234 e. The van der Waals surface area contributed by atoms with Gasteiger partial charge in [-0.05, 0) is 62.6 Å². The van der Waals surface area contributed by atoms with Crippen molar-refractivity contribution in [2.45, 2.75) is 38.4 Å². The van der Waals surface area contributed by atoms with Gasteiger partial charge in [-0.1, -0.05) is 23.9 Å². The molecule has 0 unspecified atom stereocenters. The zero-order chi connectivity index (χ0) is 19.5. The molecule has 0 atom stereocenters. The summed E-state index contributed by atoms with van der Waals surface area (Å²) in [5, 5.41) is 3.94. The van der Waals surface area contributed by atoms with E-state index in [0.29, 0.717) is 5.75 Å². The summed E-state index contributed by atoms with van der Waals surface area (Å²) in [7, 11) is 0. The van der Waals surface area contributed by atoms with Gasteiger partial charge in [0.05, 0.1) is 16.8 Å². The molecule has 1 aliphatic heterocycles. The zero-order valence-electron chi connectivity index (χ0n) is 16.4. The third kappa shape index (κ3) is 3.87. The fraction of sp³-hybridized carbons (Fsp3) is 0.364. The second-order valence-corrected chi connectivity index (χ2v) is 8.10. The Kier molecular flexibility index (Phi) is 5.57. The van der Waals surface area contributed by atoms with Crippen LogP contribution in [-0.4, -0.2) is 34.3 Å². The number of imidazole rings is 1. The summed E-state index contributed by atoms with van der Waals surface area (Å²) in [4.78, 5) is 19.6. The zero-order valence-corrected chi connectivity index (χ0v) is 17.3. The van der Waals surface area contributed by atoms with E-state index in [4.69, 9.17) is 0 Å². The minimum Gasteiger partial charge on any atom is -0.372 e. The highest BCUT2D eigenvalue weighted by molar-refractivity contribution is 7.99. The van der Waals surface area contributed by atoms with Crippen LogP contribution in [0.25, 0.3) is 11.0 Å². The number of amides is 1. The number of rotatable bonds is 6. The molecule has 1 N–H and O–H groups in total. The number of aryl methyl sites for hydroxylation is 2. The van der Waals surface area contributed by atoms with Crippen LogP contribution < -0.4 is 10.2 Å². The largest absolute Gasteiger partial charge is 0.372 e. The first-order valence-electron chi connectivity index (χ1n) is 9.89. The molecular weight excluding hydrogens is 368 g/mol. The van der Waals surface area contributed by atoms with Crippen molar-refractivity contribution >= 4 is 40.1 Å². The number of fused-ring (bicyclic) bond motifs is 1. The van der Waals surface area contributed by atoms with Crippen LogP contribution in [0.15, 0.2) is 47.6 Å². The molecule has 1 saturated heterocycles. The number of hydrogen-bond acceptors (Lipinski definition) is 4. The maximum absolute atomic E-state index is 12.5. The van der Waals surface area contributed by atoms with Gasteiger partial charge in [-0.15, -0.1) is 0 Å². The Bertz CT molecular complexity index is 991. The number of aromatic nitrogens is 2. The van der Waals surface area contributed by atoms with Crippen LogP contribution in [0.3, 0.4) is 0 Å². The number of anilines is 2. The Balaban J connectivity index is 1.41. The molecule has 6 heteroatoms. The number of thioether (sulfide) groups is 1. The maximum Gasteiger partial charge on any atom is 0.234 e. The summed E-state index contributed by atoms with van der Waals surface area (Å²) in [5.41, 5.74) is 5.32. The molecule has 3 aromatic rings. The molecule has 5 nitrogen and oxygen atoms in total. The van der Waals surface area contributed by atoms with Crippen LogP contribution in [0.4, 0.5) is 11.4 Å². The normalized spacial score (nSPS) is 14.0. The molecule has 0 saturated carbocycles. The molecule has 0 spiro atoms. The number of nitrogens with one attached hydrogen (secondary N) is 1. The molecule has 2 heterocycles. The van der Waals surface area contributed by atoms with Gasteiger partial charge in [0, 0.05) is 31.0 Å². The first-order valence-corrected chi connectivity index (χ1v) is 10.9. The quantitative estimate of drug-likeness (QED) is 0.616. The molecule has 4 rings (SSSR count). The second-order valence-electron chi connectivity index (χ2n) is 7.16. The predicted molar refractivity (Wildman–Crippen MR) is 117 cm³/mol. The first-order chi connectivity index (χ1) is 13.7. The van der Waals surface area contributed by atoms with Crippen molar-refractivity contribution in [1.82, 2.24) is 9.55 Å². The molecular formula is C22H26N4OS. The Hall–Kier alpha value is -2.47. The summed E-state index contributed by atoms with van der Waals surface area (Å²) in [6, 6.07) is 14.4. The Morgan fingerprint density at radius 2 is 1.96 bits per heavy atom. The minimum atomic E-state index is -0.00303. The van der Waals surface area contributed by atoms with Crippen molar-refractivity contribution in [3.8, 4) is 0 Å². The number of para-hydroxylation sites is 2. The van der Waals surface area contributed by atoms with Gasteiger partial charge >= 0.3 is 0 Å². The molecule has 1 amide bonds. The van der Waals surface area contributed by atoms with Crippen molar-refractivity contribution in [2.24, 2.45) is 0 Å². The summed E-state index contributed by atoms with van der Waals surface area (Å²) in [6.45, 7) is 7.24. The van der Waals surface area contributed by atoms with E-state index >= 15 is 0 Å². The van der Waals surface area contributed by atoms with Gasteiger partial charge in [-0.2, -0.15) is 0 Å². The summed E-state index contributed by atoms with van der Waals surface area (Å²) in [5.74, 6) is 0.341. The van der Waals surface area contributed by atoms with Gasteiger partial charge in [0.15, 0.2) is 5.16 Å². The van der Waals surface area contributed by atoms with E-state index in [9.17, 15) is 4.79 Å². The highest BCUT2D eigenvalue weighted by atomic mass is 32.2. The average Bonchev–Trinajstić information content (AvgIpc) is 3.35. The van der Waals surface area contributed by atoms with Gasteiger partial charge in [-0.3, -0.25) is 4.79 Å². The lowest BCUT2D eigenvalue weighted by Crippen LogP contribution is -2.18. The average molecular weight is 395 g/mol. The Morgan fingerprint density at radius 3 is 2.71 bits per heavy atom. The van der Waals surface area contributed by atoms with Gasteiger partial charge < -0.3 is 14.8 Å². The van der Waals surface area contributed by atoms with Crippen LogP contribution in [0.2, 0.25) is 0 Å². The fourth-order valence-corrected chi connectivity index (χ4v) is 4.62. The predicted octanol–water partition coefficient (Wildman–Crippen LogP) is 4.70. The number of carbonyl (C=O) groups excluding carboxylic acids is 1. The summed E-state index contributed by atoms with van der Waals surface area (Å²) in [6.07, 6.45) is 2.52. The standard InChI is InChI=1S/C22H26N4OS/c1-3-26-20-9-5-4-8-19(20)24-22(26)28-15-21(27)23-18-11-10-17(14-16(18)2)25-12-6-7-13-25/h4-5,8-11,14H,3,6-7,12-13,15H2,1-2H3,(H,23,27). The van der Waals surface area contributed by atoms with Crippen LogP contribution in [0, 0.1) is 6.92 Å². The second kappa shape index (κ2) is 8.27. The molecule has 1 aromatic heterocycles. The third-order valence-corrected chi connectivity index (χ3v) is 6.20. The highest BCUT2D eigenvalue weighted by Crippen LogP contribution is 2.27. The lowest BCUT2D eigenvalue weighted by molar-refractivity contribution is -0.113. The first kappa shape index (κ1) is 18.9. The van der Waals surface area contributed by atoms with E-state index in [2.05, 4.69) is 51.8 Å². The lowest BCUT2D eigenvalue weighted by atomic mass is 10.1. The van der Waals surface area contributed by atoms with E-state index in [1.165, 1.54) is 30.3 Å². The SMILES string of the molecule is CCn1c(SCC(=O)Nc2ccc(N3CCCC3)cc2C)nc2ccccc21. The monoisotopic (exact) mass is 394 g/mol. The number of hydrogen-bond donors (Lipinski definition) is 1. The van der Waals surface area contributed by atoms with E-state index in [1.807, 2.05) is 24.3 Å². The minimum absolute atomic E-state index is 0.00303. The fourth-order valence-electron chi connectivity index (χ4n) is 3.75. The molecule has 28 heavy (non-hydrogen) atoms. The molecule has 0 aliphatic carbocycles. The molecule has 2 aromatic carbocycles. The third-order valence-electron chi connectivity index (χ3n) is 5.22. The van der Waals surface area contributed by atoms with Crippen molar-refractivity contribution in [1.29, 1.82) is 0 Å². The van der Waals surface area contributed by atoms with Crippen molar-refractivity contribution in [3.63, 3.8) is 0 Å². The van der Waals surface area contributed by atoms with Gasteiger partial charge in [-0.25, -0.2) is 4.98 Å². The molecule has 1 aliphatic rings. The van der Waals surface area contributed by atoms with E-state index in [1.54, 1.807) is 0 Å². The van der Waals surface area contributed by atoms with Crippen molar-refractivity contribution in [3.05, 3.63) is 48.0 Å². The Morgan fingerprint density at radius 1 is 1.18 bits per heavy atom. The summed E-state index contributed by atoms with van der Waals surface area (Å²) < 4.78 is 2.16. The number of carbonyl (C=O) groups is 1. The molecule has 1 fully saturated rings. The van der Waals surface area contributed by atoms with E-state index < -0.39 is 0 Å². The highest BCUT2D eigenvalue weighted by Gasteiger charge is 2.15. The topological polar surface area (TPSA) is 50.2 Å². The molecule has 0 radical (unpaired) electrons. The number of nitrogens with zero attached hydrogens (tertiary/aromatic N) is 3. The summed E-state index contributed by atoms with van der Waals surface area (Å²) >= 11 is 1.49. The van der Waals surface area contributed by atoms with Gasteiger partial charge in [0.2, 0.25) is 5.91 Å². The maximum atomic E-state index is 12.5. The molecule has 0 bridgehead atoms. The number of benzene rings is 2. The van der Waals surface area contributed by atoms with Crippen LogP contribution in [0.1, 0.15) is 25.3 Å². The van der Waals surface area contributed by atoms with Crippen molar-refractivity contribution < 1.29 is 4.79 Å². The lowest BCUT2D eigenvalue weighted by Gasteiger charge is -2.19. The van der Waals surface area contributed by atoms with Crippen molar-refractivity contribution in [2.75, 3.05) is 29.1 Å². The van der Waals surface area contributed by atoms with E-state index in [0.717, 1.165) is 47.1 Å². The van der Waals surface area contributed by atoms with Gasteiger partial charge in [0.25, 0.3) is 0 Å². The van der Waals surface area contributed by atoms with Crippen LogP contribution in [0.5, 0.6) is 0 Å². The van der Waals surface area contributed by atoms with Crippen LogP contribution >= 0.6 is 11.8 Å². The van der Waals surface area contributed by atoms with Crippen LogP contribution in [-0.2, 0) is 11.3 Å². The van der Waals surface area contributed by atoms with Gasteiger partial charge in [0.1, 0.15) is 0 Å².